The molecule has 0 aliphatic rings. The molecule has 1 atom stereocenters. The molecule has 1 unspecified atom stereocenters. The van der Waals surface area contributed by atoms with Crippen LogP contribution in [-0.2, 0) is 0 Å². The van der Waals surface area contributed by atoms with Crippen molar-refractivity contribution in [3.8, 4) is 5.95 Å². The molecule has 2 heterocycles. The smallest absolute Gasteiger partial charge is 0.257 e. The lowest BCUT2D eigenvalue weighted by atomic mass is 10.3. The van der Waals surface area contributed by atoms with Gasteiger partial charge in [-0.3, -0.25) is 0 Å². The molecule has 0 saturated carbocycles. The highest BCUT2D eigenvalue weighted by Crippen LogP contribution is 2.10. The fourth-order valence-corrected chi connectivity index (χ4v) is 2.30. The lowest BCUT2D eigenvalue weighted by molar-refractivity contribution is 0.749. The summed E-state index contributed by atoms with van der Waals surface area (Å²) in [6.07, 6.45) is 6.48. The highest BCUT2D eigenvalue weighted by molar-refractivity contribution is 7.98. The van der Waals surface area contributed by atoms with Crippen LogP contribution >= 0.6 is 11.8 Å². The summed E-state index contributed by atoms with van der Waals surface area (Å²) >= 11 is 1.78. The van der Waals surface area contributed by atoms with Crippen molar-refractivity contribution in [2.75, 3.05) is 23.1 Å². The molecule has 2 rings (SSSR count). The van der Waals surface area contributed by atoms with Crippen LogP contribution in [0.3, 0.4) is 0 Å². The zero-order valence-corrected chi connectivity index (χ0v) is 11.8. The van der Waals surface area contributed by atoms with Gasteiger partial charge in [0.05, 0.1) is 0 Å². The Labute approximate surface area is 116 Å². The van der Waals surface area contributed by atoms with E-state index in [2.05, 4.69) is 38.5 Å². The van der Waals surface area contributed by atoms with Crippen molar-refractivity contribution in [2.45, 2.75) is 19.4 Å². The first kappa shape index (κ1) is 13.6. The van der Waals surface area contributed by atoms with E-state index in [1.165, 1.54) is 0 Å². The monoisotopic (exact) mass is 279 g/mol. The van der Waals surface area contributed by atoms with Gasteiger partial charge >= 0.3 is 0 Å². The van der Waals surface area contributed by atoms with Crippen LogP contribution in [0.2, 0.25) is 0 Å². The first-order valence-corrected chi connectivity index (χ1v) is 7.39. The summed E-state index contributed by atoms with van der Waals surface area (Å²) in [5, 5.41) is 7.35. The van der Waals surface area contributed by atoms with Gasteiger partial charge in [-0.1, -0.05) is 6.92 Å². The second-order valence-electron chi connectivity index (χ2n) is 3.97. The summed E-state index contributed by atoms with van der Waals surface area (Å²) in [7, 11) is 0. The Hall–Kier alpha value is -1.83. The summed E-state index contributed by atoms with van der Waals surface area (Å²) in [5.41, 5.74) is 5.71. The van der Waals surface area contributed by atoms with Crippen LogP contribution in [0, 0.1) is 0 Å². The van der Waals surface area contributed by atoms with Crippen molar-refractivity contribution in [3.63, 3.8) is 0 Å². The van der Waals surface area contributed by atoms with Gasteiger partial charge in [-0.05, 0) is 18.7 Å². The fourth-order valence-electron chi connectivity index (χ4n) is 1.58. The Balaban J connectivity index is 2.21. The second-order valence-corrected chi connectivity index (χ2v) is 4.88. The standard InChI is InChI=1S/C11H17N7S/c1-3-8(7-19-2)14-10-15-9(12)16-11(17-10)18-6-4-5-13-18/h4-6,8H,3,7H2,1-2H3,(H3,12,14,15,16,17). The summed E-state index contributed by atoms with van der Waals surface area (Å²) in [5.74, 6) is 2.07. The minimum Gasteiger partial charge on any atom is -0.368 e. The zero-order chi connectivity index (χ0) is 13.7. The van der Waals surface area contributed by atoms with Crippen LogP contribution in [-0.4, -0.2) is 42.8 Å². The lowest BCUT2D eigenvalue weighted by Crippen LogP contribution is -2.23. The van der Waals surface area contributed by atoms with Gasteiger partial charge in [-0.2, -0.15) is 31.8 Å². The Morgan fingerprint density at radius 2 is 2.26 bits per heavy atom. The zero-order valence-electron chi connectivity index (χ0n) is 10.9. The molecule has 0 aromatic carbocycles. The molecule has 0 aliphatic heterocycles. The number of anilines is 2. The molecule has 0 radical (unpaired) electrons. The molecule has 0 bridgehead atoms. The predicted octanol–water partition coefficient (Wildman–Crippen LogP) is 1.19. The predicted molar refractivity (Wildman–Crippen MR) is 77.4 cm³/mol. The number of hydrogen-bond donors (Lipinski definition) is 2. The molecular formula is C11H17N7S. The van der Waals surface area contributed by atoms with Gasteiger partial charge in [-0.25, -0.2) is 4.68 Å². The van der Waals surface area contributed by atoms with Crippen LogP contribution in [0.1, 0.15) is 13.3 Å². The van der Waals surface area contributed by atoms with Crippen molar-refractivity contribution < 1.29 is 0 Å². The highest BCUT2D eigenvalue weighted by atomic mass is 32.2. The largest absolute Gasteiger partial charge is 0.368 e. The van der Waals surface area contributed by atoms with Gasteiger partial charge in [0.15, 0.2) is 0 Å². The molecule has 0 aliphatic carbocycles. The van der Waals surface area contributed by atoms with Crippen LogP contribution < -0.4 is 11.1 Å². The third-order valence-corrected chi connectivity index (χ3v) is 3.28. The Morgan fingerprint density at radius 3 is 2.89 bits per heavy atom. The van der Waals surface area contributed by atoms with Gasteiger partial charge in [0.2, 0.25) is 11.9 Å². The summed E-state index contributed by atoms with van der Waals surface area (Å²) in [4.78, 5) is 12.5. The number of nitrogen functional groups attached to an aromatic ring is 1. The molecule has 19 heavy (non-hydrogen) atoms. The molecule has 2 aromatic rings. The van der Waals surface area contributed by atoms with Crippen LogP contribution in [0.5, 0.6) is 0 Å². The summed E-state index contributed by atoms with van der Waals surface area (Å²) in [6.45, 7) is 2.12. The van der Waals surface area contributed by atoms with E-state index in [1.54, 1.807) is 34.9 Å². The van der Waals surface area contributed by atoms with E-state index in [9.17, 15) is 0 Å². The normalized spacial score (nSPS) is 12.3. The Morgan fingerprint density at radius 1 is 1.42 bits per heavy atom. The quantitative estimate of drug-likeness (QED) is 0.820. The second kappa shape index (κ2) is 6.37. The molecule has 102 valence electrons. The van der Waals surface area contributed by atoms with Gasteiger partial charge in [0.1, 0.15) is 0 Å². The van der Waals surface area contributed by atoms with E-state index >= 15 is 0 Å². The molecular weight excluding hydrogens is 262 g/mol. The first-order chi connectivity index (χ1) is 9.22. The number of hydrogen-bond acceptors (Lipinski definition) is 7. The molecule has 7 nitrogen and oxygen atoms in total. The maximum absolute atomic E-state index is 5.71. The molecule has 2 aromatic heterocycles. The SMILES string of the molecule is CCC(CSC)Nc1nc(N)nc(-n2cccn2)n1. The van der Waals surface area contributed by atoms with Crippen LogP contribution in [0.25, 0.3) is 5.95 Å². The fraction of sp³-hybridized carbons (Fsp3) is 0.455. The van der Waals surface area contributed by atoms with E-state index in [1.807, 2.05) is 0 Å². The molecule has 3 N–H and O–H groups in total. The minimum atomic E-state index is 0.182. The number of aromatic nitrogens is 5. The van der Waals surface area contributed by atoms with Crippen molar-refractivity contribution in [1.82, 2.24) is 24.7 Å². The highest BCUT2D eigenvalue weighted by Gasteiger charge is 2.10. The molecule has 0 amide bonds. The number of thioether (sulfide) groups is 1. The third-order valence-electron chi connectivity index (χ3n) is 2.54. The number of nitrogens with two attached hydrogens (primary N) is 1. The van der Waals surface area contributed by atoms with Gasteiger partial charge < -0.3 is 11.1 Å². The van der Waals surface area contributed by atoms with Crippen molar-refractivity contribution >= 4 is 23.7 Å². The van der Waals surface area contributed by atoms with Crippen molar-refractivity contribution in [3.05, 3.63) is 18.5 Å². The van der Waals surface area contributed by atoms with Crippen LogP contribution in [0.4, 0.5) is 11.9 Å². The number of rotatable bonds is 6. The summed E-state index contributed by atoms with van der Waals surface area (Å²) < 4.78 is 1.55. The first-order valence-electron chi connectivity index (χ1n) is 6.00. The maximum atomic E-state index is 5.71. The van der Waals surface area contributed by atoms with E-state index in [4.69, 9.17) is 5.73 Å². The van der Waals surface area contributed by atoms with Crippen molar-refractivity contribution in [1.29, 1.82) is 0 Å². The molecule has 0 fully saturated rings. The van der Waals surface area contributed by atoms with Gasteiger partial charge in [0.25, 0.3) is 5.95 Å². The van der Waals surface area contributed by atoms with Crippen molar-refractivity contribution in [2.24, 2.45) is 0 Å². The van der Waals surface area contributed by atoms with E-state index in [0.29, 0.717) is 17.9 Å². The lowest BCUT2D eigenvalue weighted by Gasteiger charge is -2.15. The van der Waals surface area contributed by atoms with E-state index in [0.717, 1.165) is 12.2 Å². The Bertz CT molecular complexity index is 514. The summed E-state index contributed by atoms with van der Waals surface area (Å²) in [6, 6.07) is 2.11. The molecule has 8 heteroatoms. The maximum Gasteiger partial charge on any atom is 0.257 e. The Kier molecular flexibility index (Phi) is 4.56. The van der Waals surface area contributed by atoms with Gasteiger partial charge in [-0.15, -0.1) is 0 Å². The van der Waals surface area contributed by atoms with E-state index in [-0.39, 0.29) is 5.95 Å². The topological polar surface area (TPSA) is 94.5 Å². The molecule has 0 saturated heterocycles. The van der Waals surface area contributed by atoms with Crippen LogP contribution in [0.15, 0.2) is 18.5 Å². The van der Waals surface area contributed by atoms with E-state index < -0.39 is 0 Å². The van der Waals surface area contributed by atoms with Gasteiger partial charge in [0, 0.05) is 24.2 Å². The number of nitrogens with one attached hydrogen (secondary N) is 1. The molecule has 0 spiro atoms. The average Bonchev–Trinajstić information content (AvgIpc) is 2.91. The average molecular weight is 279 g/mol. The number of nitrogens with zero attached hydrogens (tertiary/aromatic N) is 5. The third kappa shape index (κ3) is 3.57. The minimum absolute atomic E-state index is 0.182.